The highest BCUT2D eigenvalue weighted by molar-refractivity contribution is 7.89. The zero-order valence-electron chi connectivity index (χ0n) is 11.2. The first-order valence-corrected chi connectivity index (χ1v) is 7.62. The van der Waals surface area contributed by atoms with Gasteiger partial charge < -0.3 is 5.32 Å². The Balaban J connectivity index is 0.00000180. The smallest absolute Gasteiger partial charge is 0.260 e. The summed E-state index contributed by atoms with van der Waals surface area (Å²) < 4.78 is 27.7. The van der Waals surface area contributed by atoms with Gasteiger partial charge in [0.05, 0.1) is 6.20 Å². The van der Waals surface area contributed by atoms with Gasteiger partial charge in [-0.05, 0) is 38.4 Å². The van der Waals surface area contributed by atoms with Crippen LogP contribution in [0.15, 0.2) is 17.3 Å². The molecule has 0 bridgehead atoms. The number of halogens is 1. The van der Waals surface area contributed by atoms with Crippen molar-refractivity contribution < 1.29 is 8.42 Å². The molecule has 0 spiro atoms. The topological polar surface area (TPSA) is 67.2 Å². The van der Waals surface area contributed by atoms with Crippen molar-refractivity contribution in [1.29, 1.82) is 0 Å². The molecule has 6 nitrogen and oxygen atoms in total. The average Bonchev–Trinajstić information content (AvgIpc) is 2.77. The van der Waals surface area contributed by atoms with Gasteiger partial charge in [-0.15, -0.1) is 12.4 Å². The van der Waals surface area contributed by atoms with E-state index in [0.717, 1.165) is 19.4 Å². The third kappa shape index (κ3) is 3.47. The molecule has 1 aromatic rings. The van der Waals surface area contributed by atoms with Crippen molar-refractivity contribution in [3.05, 3.63) is 12.3 Å². The maximum Gasteiger partial charge on any atom is 0.260 e. The summed E-state index contributed by atoms with van der Waals surface area (Å²) in [5.74, 6) is 0.577. The summed E-state index contributed by atoms with van der Waals surface area (Å²) in [5.41, 5.74) is 0. The number of hydrogen-bond acceptors (Lipinski definition) is 4. The van der Waals surface area contributed by atoms with Crippen LogP contribution in [0.5, 0.6) is 0 Å². The van der Waals surface area contributed by atoms with Crippen molar-refractivity contribution in [2.75, 3.05) is 26.7 Å². The molecule has 0 atom stereocenters. The largest absolute Gasteiger partial charge is 0.319 e. The summed E-state index contributed by atoms with van der Waals surface area (Å²) in [6, 6.07) is 1.55. The molecule has 110 valence electrons. The highest BCUT2D eigenvalue weighted by atomic mass is 35.5. The van der Waals surface area contributed by atoms with Crippen LogP contribution in [-0.2, 0) is 17.1 Å². The molecule has 1 fully saturated rings. The van der Waals surface area contributed by atoms with Gasteiger partial charge in [0.15, 0.2) is 5.03 Å². The number of sulfonamides is 1. The Morgan fingerprint density at radius 1 is 1.42 bits per heavy atom. The third-order valence-electron chi connectivity index (χ3n) is 3.45. The Labute approximate surface area is 120 Å². The van der Waals surface area contributed by atoms with Gasteiger partial charge in [0.2, 0.25) is 0 Å². The first-order chi connectivity index (χ1) is 8.55. The minimum Gasteiger partial charge on any atom is -0.319 e. The molecule has 0 saturated carbocycles. The van der Waals surface area contributed by atoms with E-state index < -0.39 is 10.0 Å². The second kappa shape index (κ2) is 6.69. The molecule has 1 aromatic heterocycles. The monoisotopic (exact) mass is 308 g/mol. The van der Waals surface area contributed by atoms with Crippen molar-refractivity contribution in [2.24, 2.45) is 13.0 Å². The molecule has 0 radical (unpaired) electrons. The molecule has 1 saturated heterocycles. The van der Waals surface area contributed by atoms with E-state index in [-0.39, 0.29) is 17.4 Å². The quantitative estimate of drug-likeness (QED) is 0.877. The molecule has 2 rings (SSSR count). The number of aryl methyl sites for hydroxylation is 1. The summed E-state index contributed by atoms with van der Waals surface area (Å²) >= 11 is 0. The minimum absolute atomic E-state index is 0. The standard InChI is InChI=1S/C11H20N4O2S.ClH/c1-12-9-10-4-7-15(8-5-10)18(16,17)11-3-6-13-14(11)2;/h3,6,10,12H,4-5,7-9H2,1-2H3;1H. The summed E-state index contributed by atoms with van der Waals surface area (Å²) in [7, 11) is 0.208. The predicted octanol–water partition coefficient (Wildman–Crippen LogP) is 0.462. The third-order valence-corrected chi connectivity index (χ3v) is 5.42. The van der Waals surface area contributed by atoms with E-state index in [2.05, 4.69) is 10.4 Å². The number of hydrogen-bond donors (Lipinski definition) is 1. The van der Waals surface area contributed by atoms with E-state index in [1.807, 2.05) is 7.05 Å². The summed E-state index contributed by atoms with van der Waals surface area (Å²) in [6.45, 7) is 2.15. The van der Waals surface area contributed by atoms with E-state index in [1.165, 1.54) is 10.9 Å². The van der Waals surface area contributed by atoms with Crippen LogP contribution in [0.3, 0.4) is 0 Å². The van der Waals surface area contributed by atoms with E-state index in [0.29, 0.717) is 19.0 Å². The molecule has 0 amide bonds. The SMILES string of the molecule is CNCC1CCN(S(=O)(=O)c2ccnn2C)CC1.Cl. The Kier molecular flexibility index (Phi) is 5.79. The van der Waals surface area contributed by atoms with E-state index in [9.17, 15) is 8.42 Å². The second-order valence-corrected chi connectivity index (χ2v) is 6.58. The van der Waals surface area contributed by atoms with Crippen molar-refractivity contribution in [1.82, 2.24) is 19.4 Å². The molecule has 1 aliphatic rings. The summed E-state index contributed by atoms with van der Waals surface area (Å²) in [4.78, 5) is 0. The van der Waals surface area contributed by atoms with E-state index in [1.54, 1.807) is 17.4 Å². The van der Waals surface area contributed by atoms with Crippen LogP contribution in [0.4, 0.5) is 0 Å². The van der Waals surface area contributed by atoms with Crippen molar-refractivity contribution in [3.8, 4) is 0 Å². The molecule has 8 heteroatoms. The van der Waals surface area contributed by atoms with Gasteiger partial charge in [-0.1, -0.05) is 0 Å². The van der Waals surface area contributed by atoms with Crippen LogP contribution in [0.2, 0.25) is 0 Å². The lowest BCUT2D eigenvalue weighted by atomic mass is 9.98. The first kappa shape index (κ1) is 16.4. The molecule has 1 aliphatic heterocycles. The van der Waals surface area contributed by atoms with Crippen LogP contribution in [0, 0.1) is 5.92 Å². The Morgan fingerprint density at radius 2 is 2.05 bits per heavy atom. The van der Waals surface area contributed by atoms with Gasteiger partial charge in [-0.25, -0.2) is 8.42 Å². The van der Waals surface area contributed by atoms with Crippen molar-refractivity contribution in [2.45, 2.75) is 17.9 Å². The normalized spacial score (nSPS) is 18.2. The zero-order valence-corrected chi connectivity index (χ0v) is 12.9. The lowest BCUT2D eigenvalue weighted by Crippen LogP contribution is -2.40. The van der Waals surface area contributed by atoms with Crippen molar-refractivity contribution in [3.63, 3.8) is 0 Å². The zero-order chi connectivity index (χ0) is 13.2. The van der Waals surface area contributed by atoms with Crippen LogP contribution in [-0.4, -0.2) is 49.2 Å². The van der Waals surface area contributed by atoms with Crippen LogP contribution in [0.25, 0.3) is 0 Å². The highest BCUT2D eigenvalue weighted by Crippen LogP contribution is 2.22. The Hall–Kier alpha value is -0.630. The van der Waals surface area contributed by atoms with Gasteiger partial charge in [0, 0.05) is 20.1 Å². The van der Waals surface area contributed by atoms with Crippen LogP contribution in [0.1, 0.15) is 12.8 Å². The molecule has 2 heterocycles. The maximum atomic E-state index is 12.4. The van der Waals surface area contributed by atoms with Gasteiger partial charge in [-0.3, -0.25) is 4.68 Å². The fourth-order valence-corrected chi connectivity index (χ4v) is 3.96. The average molecular weight is 309 g/mol. The van der Waals surface area contributed by atoms with E-state index >= 15 is 0 Å². The van der Waals surface area contributed by atoms with Gasteiger partial charge >= 0.3 is 0 Å². The fourth-order valence-electron chi connectivity index (χ4n) is 2.39. The molecular weight excluding hydrogens is 288 g/mol. The fraction of sp³-hybridized carbons (Fsp3) is 0.727. The second-order valence-electron chi connectivity index (χ2n) is 4.70. The molecule has 19 heavy (non-hydrogen) atoms. The van der Waals surface area contributed by atoms with Crippen molar-refractivity contribution >= 4 is 22.4 Å². The Bertz CT molecular complexity index is 495. The van der Waals surface area contributed by atoms with Gasteiger partial charge in [-0.2, -0.15) is 9.40 Å². The molecule has 1 N–H and O–H groups in total. The number of nitrogens with zero attached hydrogens (tertiary/aromatic N) is 3. The first-order valence-electron chi connectivity index (χ1n) is 6.18. The summed E-state index contributed by atoms with van der Waals surface area (Å²) in [6.07, 6.45) is 3.34. The van der Waals surface area contributed by atoms with Crippen LogP contribution < -0.4 is 5.32 Å². The maximum absolute atomic E-state index is 12.4. The number of rotatable bonds is 4. The Morgan fingerprint density at radius 3 is 2.53 bits per heavy atom. The minimum atomic E-state index is -3.37. The van der Waals surface area contributed by atoms with Gasteiger partial charge in [0.25, 0.3) is 10.0 Å². The number of piperidine rings is 1. The molecule has 0 aliphatic carbocycles. The van der Waals surface area contributed by atoms with E-state index in [4.69, 9.17) is 0 Å². The van der Waals surface area contributed by atoms with Crippen LogP contribution >= 0.6 is 12.4 Å². The molecule has 0 aromatic carbocycles. The number of aromatic nitrogens is 2. The van der Waals surface area contributed by atoms with Gasteiger partial charge in [0.1, 0.15) is 0 Å². The molecular formula is C11H21ClN4O2S. The molecule has 0 unspecified atom stereocenters. The number of nitrogens with one attached hydrogen (secondary N) is 1. The predicted molar refractivity (Wildman–Crippen MR) is 75.9 cm³/mol. The lowest BCUT2D eigenvalue weighted by Gasteiger charge is -2.30. The summed E-state index contributed by atoms with van der Waals surface area (Å²) in [5, 5.41) is 7.34. The lowest BCUT2D eigenvalue weighted by molar-refractivity contribution is 0.269. The highest BCUT2D eigenvalue weighted by Gasteiger charge is 2.30.